The lowest BCUT2D eigenvalue weighted by molar-refractivity contribution is -0.137. The third-order valence-corrected chi connectivity index (χ3v) is 6.52. The minimum absolute atomic E-state index is 0.102. The van der Waals surface area contributed by atoms with Crippen LogP contribution in [0.15, 0.2) is 72.8 Å². The van der Waals surface area contributed by atoms with Crippen LogP contribution in [-0.4, -0.2) is 34.8 Å². The molecule has 0 saturated carbocycles. The van der Waals surface area contributed by atoms with Crippen molar-refractivity contribution in [1.82, 2.24) is 15.5 Å². The number of ether oxygens (including phenoxy) is 2. The molecule has 0 spiro atoms. The number of nitrogens with zero attached hydrogens (tertiary/aromatic N) is 2. The van der Waals surface area contributed by atoms with Gasteiger partial charge < -0.3 is 14.8 Å². The second kappa shape index (κ2) is 10.5. The second-order valence-electron chi connectivity index (χ2n) is 8.26. The molecule has 8 nitrogen and oxygen atoms in total. The number of hydrogen-bond acceptors (Lipinski definition) is 7. The van der Waals surface area contributed by atoms with E-state index in [-0.39, 0.29) is 23.9 Å². The highest BCUT2D eigenvalue weighted by atomic mass is 32.1. The van der Waals surface area contributed by atoms with Gasteiger partial charge in [-0.1, -0.05) is 47.7 Å². The average Bonchev–Trinajstić information content (AvgIpc) is 3.57. The van der Waals surface area contributed by atoms with E-state index in [4.69, 9.17) is 9.47 Å². The van der Waals surface area contributed by atoms with Crippen LogP contribution in [0.1, 0.15) is 21.5 Å². The zero-order valence-corrected chi connectivity index (χ0v) is 20.3. The van der Waals surface area contributed by atoms with Crippen LogP contribution in [0.25, 0.3) is 10.6 Å². The van der Waals surface area contributed by atoms with Crippen molar-refractivity contribution in [2.45, 2.75) is 18.6 Å². The first-order valence-electron chi connectivity index (χ1n) is 11.3. The van der Waals surface area contributed by atoms with Crippen molar-refractivity contribution >= 4 is 28.3 Å². The highest BCUT2D eigenvalue weighted by Crippen LogP contribution is 2.37. The molecule has 38 heavy (non-hydrogen) atoms. The summed E-state index contributed by atoms with van der Waals surface area (Å²) in [5.74, 6) is -0.219. The van der Waals surface area contributed by atoms with Crippen LogP contribution in [-0.2, 0) is 17.4 Å². The topological polar surface area (TPSA) is 102 Å². The maximum atomic E-state index is 13.2. The standard InChI is InChI=1S/C26H19F3N4O4S/c27-26(28,29)18-8-4-7-16(12-18)22(34)30-19(11-15-5-2-1-3-6-15)23(35)31-25-33-32-24(38-25)17-9-10-20-21(13-17)37-14-36-20/h1-10,12-13,19H,11,14H2,(H,30,34)(H,31,33,35)/t19-/m0/s1. The van der Waals surface area contributed by atoms with Gasteiger partial charge >= 0.3 is 6.18 Å². The van der Waals surface area contributed by atoms with Crippen molar-refractivity contribution in [3.63, 3.8) is 0 Å². The van der Waals surface area contributed by atoms with E-state index in [0.717, 1.165) is 35.1 Å². The van der Waals surface area contributed by atoms with E-state index in [1.165, 1.54) is 6.07 Å². The predicted molar refractivity (Wildman–Crippen MR) is 133 cm³/mol. The van der Waals surface area contributed by atoms with Crippen molar-refractivity contribution in [2.75, 3.05) is 12.1 Å². The Bertz CT molecular complexity index is 1480. The number of amides is 2. The summed E-state index contributed by atoms with van der Waals surface area (Å²) < 4.78 is 50.1. The predicted octanol–water partition coefficient (Wildman–Crippen LogP) is 4.93. The van der Waals surface area contributed by atoms with Crippen molar-refractivity contribution in [1.29, 1.82) is 0 Å². The summed E-state index contributed by atoms with van der Waals surface area (Å²) >= 11 is 1.12. The molecule has 2 heterocycles. The Morgan fingerprint density at radius 1 is 0.947 bits per heavy atom. The molecule has 0 radical (unpaired) electrons. The number of hydrogen-bond donors (Lipinski definition) is 2. The Morgan fingerprint density at radius 2 is 1.74 bits per heavy atom. The van der Waals surface area contributed by atoms with Gasteiger partial charge in [-0.15, -0.1) is 10.2 Å². The lowest BCUT2D eigenvalue weighted by atomic mass is 10.0. The summed E-state index contributed by atoms with van der Waals surface area (Å²) in [6.45, 7) is 0.130. The van der Waals surface area contributed by atoms with E-state index in [0.29, 0.717) is 22.1 Å². The molecule has 0 saturated heterocycles. The molecule has 1 aliphatic heterocycles. The van der Waals surface area contributed by atoms with Crippen LogP contribution in [0.2, 0.25) is 0 Å². The Labute approximate surface area is 218 Å². The fraction of sp³-hybridized carbons (Fsp3) is 0.154. The quantitative estimate of drug-likeness (QED) is 0.345. The monoisotopic (exact) mass is 540 g/mol. The van der Waals surface area contributed by atoms with Crippen LogP contribution >= 0.6 is 11.3 Å². The van der Waals surface area contributed by atoms with Gasteiger partial charge in [-0.3, -0.25) is 14.9 Å². The van der Waals surface area contributed by atoms with Gasteiger partial charge in [0.1, 0.15) is 11.0 Å². The van der Waals surface area contributed by atoms with E-state index >= 15 is 0 Å². The molecule has 1 aliphatic rings. The molecule has 194 valence electrons. The molecule has 0 fully saturated rings. The third kappa shape index (κ3) is 5.75. The Morgan fingerprint density at radius 3 is 2.53 bits per heavy atom. The number of rotatable bonds is 7. The van der Waals surface area contributed by atoms with Gasteiger partial charge in [0.25, 0.3) is 5.91 Å². The van der Waals surface area contributed by atoms with Gasteiger partial charge in [-0.05, 0) is 42.0 Å². The molecule has 1 atom stereocenters. The Balaban J connectivity index is 1.34. The Kier molecular flexibility index (Phi) is 6.97. The average molecular weight is 541 g/mol. The first kappa shape index (κ1) is 25.2. The number of carbonyl (C=O) groups excluding carboxylic acids is 2. The maximum absolute atomic E-state index is 13.2. The molecule has 0 bridgehead atoms. The van der Waals surface area contributed by atoms with Crippen LogP contribution in [0, 0.1) is 0 Å². The molecule has 1 aromatic heterocycles. The third-order valence-electron chi connectivity index (χ3n) is 5.63. The highest BCUT2D eigenvalue weighted by Gasteiger charge is 2.31. The van der Waals surface area contributed by atoms with E-state index in [2.05, 4.69) is 20.8 Å². The SMILES string of the molecule is O=C(N[C@@H](Cc1ccccc1)C(=O)Nc1nnc(-c2ccc3c(c2)OCO3)s1)c1cccc(C(F)(F)F)c1. The van der Waals surface area contributed by atoms with Crippen molar-refractivity contribution in [3.05, 3.63) is 89.5 Å². The fourth-order valence-electron chi connectivity index (χ4n) is 3.75. The van der Waals surface area contributed by atoms with Crippen molar-refractivity contribution in [2.24, 2.45) is 0 Å². The second-order valence-corrected chi connectivity index (χ2v) is 9.24. The van der Waals surface area contributed by atoms with E-state index in [1.807, 2.05) is 0 Å². The maximum Gasteiger partial charge on any atom is 0.416 e. The lowest BCUT2D eigenvalue weighted by Crippen LogP contribution is -2.45. The minimum atomic E-state index is -4.61. The molecule has 12 heteroatoms. The first-order chi connectivity index (χ1) is 18.3. The molecule has 2 N–H and O–H groups in total. The number of alkyl halides is 3. The van der Waals surface area contributed by atoms with Crippen molar-refractivity contribution < 1.29 is 32.2 Å². The summed E-state index contributed by atoms with van der Waals surface area (Å²) in [6.07, 6.45) is -4.50. The van der Waals surface area contributed by atoms with Gasteiger partial charge in [0.05, 0.1) is 5.56 Å². The number of aromatic nitrogens is 2. The van der Waals surface area contributed by atoms with Gasteiger partial charge in [0.15, 0.2) is 11.5 Å². The van der Waals surface area contributed by atoms with Crippen LogP contribution in [0.4, 0.5) is 18.3 Å². The zero-order chi connectivity index (χ0) is 26.7. The summed E-state index contributed by atoms with van der Waals surface area (Å²) in [5.41, 5.74) is 0.284. The van der Waals surface area contributed by atoms with E-state index in [1.54, 1.807) is 48.5 Å². The number of nitrogens with one attached hydrogen (secondary N) is 2. The summed E-state index contributed by atoms with van der Waals surface area (Å²) in [4.78, 5) is 26.1. The number of anilines is 1. The van der Waals surface area contributed by atoms with Crippen LogP contribution in [0.5, 0.6) is 11.5 Å². The van der Waals surface area contributed by atoms with Gasteiger partial charge in [0, 0.05) is 17.5 Å². The largest absolute Gasteiger partial charge is 0.454 e. The molecule has 0 aliphatic carbocycles. The molecular formula is C26H19F3N4O4S. The van der Waals surface area contributed by atoms with Crippen molar-refractivity contribution in [3.8, 4) is 22.1 Å². The summed E-state index contributed by atoms with van der Waals surface area (Å²) in [5, 5.41) is 14.0. The summed E-state index contributed by atoms with van der Waals surface area (Å²) in [7, 11) is 0. The Hall–Kier alpha value is -4.45. The minimum Gasteiger partial charge on any atom is -0.454 e. The molecule has 3 aromatic carbocycles. The fourth-order valence-corrected chi connectivity index (χ4v) is 4.49. The number of halogens is 3. The van der Waals surface area contributed by atoms with Gasteiger partial charge in [-0.25, -0.2) is 0 Å². The van der Waals surface area contributed by atoms with Gasteiger partial charge in [0.2, 0.25) is 17.8 Å². The number of benzene rings is 3. The molecule has 5 rings (SSSR count). The first-order valence-corrected chi connectivity index (χ1v) is 12.1. The normalized spacial score (nSPS) is 13.1. The molecule has 2 amide bonds. The molecule has 0 unspecified atom stereocenters. The lowest BCUT2D eigenvalue weighted by Gasteiger charge is -2.18. The number of fused-ring (bicyclic) bond motifs is 1. The van der Waals surface area contributed by atoms with Crippen LogP contribution in [0.3, 0.4) is 0 Å². The molecular weight excluding hydrogens is 521 g/mol. The van der Waals surface area contributed by atoms with E-state index < -0.39 is 29.6 Å². The molecule has 4 aromatic rings. The number of carbonyl (C=O) groups is 2. The van der Waals surface area contributed by atoms with Gasteiger partial charge in [-0.2, -0.15) is 13.2 Å². The zero-order valence-electron chi connectivity index (χ0n) is 19.5. The van der Waals surface area contributed by atoms with Crippen LogP contribution < -0.4 is 20.1 Å². The highest BCUT2D eigenvalue weighted by molar-refractivity contribution is 7.18. The smallest absolute Gasteiger partial charge is 0.416 e. The van der Waals surface area contributed by atoms with E-state index in [9.17, 15) is 22.8 Å². The summed E-state index contributed by atoms with van der Waals surface area (Å²) in [6, 6.07) is 17.1.